The van der Waals surface area contributed by atoms with Gasteiger partial charge in [-0.2, -0.15) is 0 Å². The number of aromatic amines is 1. The number of aryl methyl sites for hydroxylation is 1. The Morgan fingerprint density at radius 1 is 1.11 bits per heavy atom. The predicted octanol–water partition coefficient (Wildman–Crippen LogP) is 4.29. The lowest BCUT2D eigenvalue weighted by molar-refractivity contribution is -0.0592. The van der Waals surface area contributed by atoms with Gasteiger partial charge in [-0.25, -0.2) is 9.78 Å². The number of nitrogens with two attached hydrogens (primary N) is 1. The molecule has 10 nitrogen and oxygen atoms in total. The lowest BCUT2D eigenvalue weighted by Crippen LogP contribution is -2.48. The molecule has 198 valence electrons. The number of benzene rings is 1. The van der Waals surface area contributed by atoms with Crippen LogP contribution in [-0.2, 0) is 24.1 Å². The largest absolute Gasteiger partial charge is 0.455 e. The van der Waals surface area contributed by atoms with Gasteiger partial charge in [-0.3, -0.25) is 10.1 Å². The number of morpholine rings is 1. The van der Waals surface area contributed by atoms with Crippen LogP contribution in [0, 0.1) is 0 Å². The van der Waals surface area contributed by atoms with E-state index in [2.05, 4.69) is 27.5 Å². The van der Waals surface area contributed by atoms with E-state index in [0.717, 1.165) is 19.3 Å². The second-order valence-corrected chi connectivity index (χ2v) is 9.50. The number of nitrogens with zero attached hydrogens (tertiary/aromatic N) is 2. The fourth-order valence-corrected chi connectivity index (χ4v) is 4.46. The molecular weight excluding hydrogens is 472 g/mol. The molecule has 3 aromatic rings. The zero-order valence-corrected chi connectivity index (χ0v) is 21.7. The summed E-state index contributed by atoms with van der Waals surface area (Å²) in [6.07, 6.45) is 3.58. The highest BCUT2D eigenvalue weighted by atomic mass is 16.5. The van der Waals surface area contributed by atoms with Crippen molar-refractivity contribution in [1.29, 1.82) is 0 Å². The average Bonchev–Trinajstić information content (AvgIpc) is 3.49. The Morgan fingerprint density at radius 3 is 2.51 bits per heavy atom. The second-order valence-electron chi connectivity index (χ2n) is 9.50. The number of hydrogen-bond acceptors (Lipinski definition) is 6. The van der Waals surface area contributed by atoms with Gasteiger partial charge < -0.3 is 30.1 Å². The molecule has 1 aliphatic rings. The number of aromatic nitrogens is 2. The number of rotatable bonds is 9. The zero-order valence-electron chi connectivity index (χ0n) is 21.7. The summed E-state index contributed by atoms with van der Waals surface area (Å²) in [6, 6.07) is 10.8. The lowest BCUT2D eigenvalue weighted by Gasteiger charge is -2.34. The highest BCUT2D eigenvalue weighted by molar-refractivity contribution is 5.99. The molecule has 0 saturated carbocycles. The van der Waals surface area contributed by atoms with Crippen molar-refractivity contribution >= 4 is 23.4 Å². The van der Waals surface area contributed by atoms with Gasteiger partial charge in [-0.1, -0.05) is 25.5 Å². The van der Waals surface area contributed by atoms with E-state index in [1.807, 2.05) is 38.1 Å². The summed E-state index contributed by atoms with van der Waals surface area (Å²) in [5, 5.41) is 5.59. The Morgan fingerprint density at radius 2 is 1.84 bits per heavy atom. The number of carbonyl (C=O) groups excluding carboxylic acids is 2. The van der Waals surface area contributed by atoms with Crippen LogP contribution in [0.1, 0.15) is 67.0 Å². The van der Waals surface area contributed by atoms with Crippen LogP contribution >= 0.6 is 0 Å². The number of nitrogens with one attached hydrogen (secondary N) is 3. The van der Waals surface area contributed by atoms with Gasteiger partial charge >= 0.3 is 6.03 Å². The number of carbonyl (C=O) groups is 2. The third-order valence-corrected chi connectivity index (χ3v) is 6.22. The molecule has 1 fully saturated rings. The molecule has 1 aliphatic heterocycles. The molecule has 0 spiro atoms. The number of urea groups is 1. The van der Waals surface area contributed by atoms with E-state index < -0.39 is 6.03 Å². The molecule has 5 N–H and O–H groups in total. The van der Waals surface area contributed by atoms with Crippen molar-refractivity contribution in [2.24, 2.45) is 5.73 Å². The fourth-order valence-electron chi connectivity index (χ4n) is 4.46. The second kappa shape index (κ2) is 12.1. The van der Waals surface area contributed by atoms with Gasteiger partial charge in [-0.15, -0.1) is 0 Å². The Balaban J connectivity index is 1.36. The van der Waals surface area contributed by atoms with Crippen molar-refractivity contribution in [3.05, 3.63) is 65.0 Å². The number of unbranched alkanes of at least 4 members (excludes halogenated alkanes) is 1. The summed E-state index contributed by atoms with van der Waals surface area (Å²) >= 11 is 0. The van der Waals surface area contributed by atoms with Gasteiger partial charge in [0, 0.05) is 25.3 Å². The summed E-state index contributed by atoms with van der Waals surface area (Å²) in [7, 11) is 0. The molecule has 3 amide bonds. The summed E-state index contributed by atoms with van der Waals surface area (Å²) in [5.74, 6) is 1.62. The first kappa shape index (κ1) is 26.4. The van der Waals surface area contributed by atoms with Crippen molar-refractivity contribution in [1.82, 2.24) is 14.9 Å². The van der Waals surface area contributed by atoms with Crippen molar-refractivity contribution < 1.29 is 18.7 Å². The molecule has 0 radical (unpaired) electrons. The highest BCUT2D eigenvalue weighted by Gasteiger charge is 2.28. The topological polar surface area (TPSA) is 139 Å². The normalized spacial score (nSPS) is 17.6. The van der Waals surface area contributed by atoms with Gasteiger partial charge in [-0.05, 0) is 56.5 Å². The van der Waals surface area contributed by atoms with E-state index in [0.29, 0.717) is 48.3 Å². The monoisotopic (exact) mass is 508 g/mol. The highest BCUT2D eigenvalue weighted by Crippen LogP contribution is 2.20. The zero-order chi connectivity index (χ0) is 26.4. The molecule has 0 bridgehead atoms. The van der Waals surface area contributed by atoms with Crippen LogP contribution in [0.25, 0.3) is 0 Å². The molecule has 0 aliphatic carbocycles. The maximum atomic E-state index is 12.9. The van der Waals surface area contributed by atoms with E-state index in [1.165, 1.54) is 5.56 Å². The minimum Gasteiger partial charge on any atom is -0.455 e. The quantitative estimate of drug-likeness (QED) is 0.340. The number of imidazole rings is 1. The van der Waals surface area contributed by atoms with E-state index in [4.69, 9.17) is 14.9 Å². The van der Waals surface area contributed by atoms with E-state index >= 15 is 0 Å². The summed E-state index contributed by atoms with van der Waals surface area (Å²) in [5.41, 5.74) is 8.40. The third kappa shape index (κ3) is 6.99. The Labute approximate surface area is 217 Å². The number of furan rings is 1. The van der Waals surface area contributed by atoms with Crippen molar-refractivity contribution in [2.75, 3.05) is 23.7 Å². The van der Waals surface area contributed by atoms with Gasteiger partial charge in [0.25, 0.3) is 5.91 Å². The maximum Gasteiger partial charge on any atom is 0.324 e. The summed E-state index contributed by atoms with van der Waals surface area (Å²) < 4.78 is 11.5. The number of amides is 3. The Hall–Kier alpha value is -3.63. The molecule has 1 aromatic carbocycles. The van der Waals surface area contributed by atoms with E-state index in [-0.39, 0.29) is 30.4 Å². The summed E-state index contributed by atoms with van der Waals surface area (Å²) in [6.45, 7) is 7.28. The maximum absolute atomic E-state index is 12.9. The molecule has 2 aromatic heterocycles. The van der Waals surface area contributed by atoms with Gasteiger partial charge in [0.05, 0.1) is 24.3 Å². The Bertz CT molecular complexity index is 1190. The first-order valence-electron chi connectivity index (χ1n) is 12.8. The van der Waals surface area contributed by atoms with Crippen LogP contribution in [0.2, 0.25) is 0 Å². The van der Waals surface area contributed by atoms with E-state index in [9.17, 15) is 9.59 Å². The SMILES string of the molecule is CCCCc1ccc(NC(=O)Nc2nc(Cc3ccc(C(=O)N4C[C@@H](C)O[C@@H](C)C4)o3)[nH]c2CN)cc1. The van der Waals surface area contributed by atoms with E-state index in [1.54, 1.807) is 17.0 Å². The number of H-pyrrole nitrogens is 1. The van der Waals surface area contributed by atoms with Crippen molar-refractivity contribution in [2.45, 2.75) is 65.2 Å². The molecule has 4 rings (SSSR count). The molecule has 0 unspecified atom stereocenters. The Kier molecular flexibility index (Phi) is 8.62. The molecule has 2 atom stereocenters. The average molecular weight is 509 g/mol. The van der Waals surface area contributed by atoms with Crippen LogP contribution in [0.5, 0.6) is 0 Å². The van der Waals surface area contributed by atoms with Crippen molar-refractivity contribution in [3.8, 4) is 0 Å². The van der Waals surface area contributed by atoms with Gasteiger partial charge in [0.15, 0.2) is 11.6 Å². The standard InChI is InChI=1S/C27H36N6O4/c1-4-5-6-19-7-9-20(10-8-19)29-27(35)32-25-22(14-28)30-24(31-25)13-21-11-12-23(37-21)26(34)33-15-17(2)36-18(3)16-33/h7-12,17-18H,4-6,13-16,28H2,1-3H3,(H,30,31)(H2,29,32,35)/t17-,18+. The third-order valence-electron chi connectivity index (χ3n) is 6.22. The van der Waals surface area contributed by atoms with Gasteiger partial charge in [0.1, 0.15) is 11.6 Å². The first-order valence-corrected chi connectivity index (χ1v) is 12.8. The lowest BCUT2D eigenvalue weighted by atomic mass is 10.1. The number of anilines is 2. The molecule has 10 heteroatoms. The van der Waals surface area contributed by atoms with Crippen LogP contribution in [0.15, 0.2) is 40.8 Å². The molecule has 37 heavy (non-hydrogen) atoms. The molecule has 3 heterocycles. The predicted molar refractivity (Wildman–Crippen MR) is 142 cm³/mol. The molecule has 1 saturated heterocycles. The first-order chi connectivity index (χ1) is 17.8. The van der Waals surface area contributed by atoms with Crippen molar-refractivity contribution in [3.63, 3.8) is 0 Å². The van der Waals surface area contributed by atoms with Crippen LogP contribution in [0.3, 0.4) is 0 Å². The smallest absolute Gasteiger partial charge is 0.324 e. The van der Waals surface area contributed by atoms with Gasteiger partial charge in [0.2, 0.25) is 0 Å². The number of ether oxygens (including phenoxy) is 1. The summed E-state index contributed by atoms with van der Waals surface area (Å²) in [4.78, 5) is 34.8. The van der Waals surface area contributed by atoms with Crippen LogP contribution < -0.4 is 16.4 Å². The van der Waals surface area contributed by atoms with Crippen LogP contribution in [0.4, 0.5) is 16.3 Å². The molecular formula is C27H36N6O4. The minimum absolute atomic E-state index is 0.0202. The van der Waals surface area contributed by atoms with Crippen LogP contribution in [-0.4, -0.2) is 52.1 Å². The minimum atomic E-state index is -0.408. The fraction of sp³-hybridized carbons (Fsp3) is 0.444. The number of hydrogen-bond donors (Lipinski definition) is 4.